The molecule has 0 unspecified atom stereocenters. The molecule has 3 heteroatoms. The molecular weight excluding hydrogens is 205 g/mol. The molecule has 0 spiro atoms. The van der Waals surface area contributed by atoms with Gasteiger partial charge in [-0.1, -0.05) is 23.7 Å². The Kier molecular flexibility index (Phi) is 4.04. The van der Waals surface area contributed by atoms with Gasteiger partial charge in [-0.25, -0.2) is 0 Å². The van der Waals surface area contributed by atoms with Crippen LogP contribution in [0.4, 0.5) is 0 Å². The van der Waals surface area contributed by atoms with Gasteiger partial charge in [0.05, 0.1) is 5.38 Å². The van der Waals surface area contributed by atoms with Crippen LogP contribution in [0.3, 0.4) is 0 Å². The monoisotopic (exact) mass is 217 g/mol. The maximum Gasteiger partial charge on any atom is 0.0712 e. The van der Waals surface area contributed by atoms with Crippen LogP contribution in [0.5, 0.6) is 0 Å². The van der Waals surface area contributed by atoms with Gasteiger partial charge in [0.1, 0.15) is 0 Å². The van der Waals surface area contributed by atoms with Crippen LogP contribution in [0.1, 0.15) is 10.9 Å². The summed E-state index contributed by atoms with van der Waals surface area (Å²) in [5.41, 5.74) is 1.07. The SMILES string of the molecule is CN(C)C[C@@H](Cl)c1cccc(Cl)c1. The first-order chi connectivity index (χ1) is 6.09. The largest absolute Gasteiger partial charge is 0.308 e. The van der Waals surface area contributed by atoms with Gasteiger partial charge in [0.2, 0.25) is 0 Å². The topological polar surface area (TPSA) is 3.24 Å². The average Bonchev–Trinajstić information content (AvgIpc) is 2.03. The lowest BCUT2D eigenvalue weighted by atomic mass is 10.1. The molecule has 1 nitrogen and oxygen atoms in total. The second kappa shape index (κ2) is 4.85. The van der Waals surface area contributed by atoms with Crippen molar-refractivity contribution in [1.82, 2.24) is 4.90 Å². The smallest absolute Gasteiger partial charge is 0.0712 e. The van der Waals surface area contributed by atoms with Crippen LogP contribution in [0.25, 0.3) is 0 Å². The predicted octanol–water partition coefficient (Wildman–Crippen LogP) is 3.18. The van der Waals surface area contributed by atoms with Crippen LogP contribution < -0.4 is 0 Å². The molecule has 0 aliphatic carbocycles. The Morgan fingerprint density at radius 1 is 1.38 bits per heavy atom. The van der Waals surface area contributed by atoms with E-state index in [0.717, 1.165) is 17.1 Å². The molecule has 1 rings (SSSR count). The number of likely N-dealkylation sites (N-methyl/N-ethyl adjacent to an activating group) is 1. The van der Waals surface area contributed by atoms with Gasteiger partial charge in [-0.15, -0.1) is 11.6 Å². The average molecular weight is 218 g/mol. The van der Waals surface area contributed by atoms with Gasteiger partial charge in [-0.2, -0.15) is 0 Å². The summed E-state index contributed by atoms with van der Waals surface area (Å²) < 4.78 is 0. The molecule has 1 atom stereocenters. The Labute approximate surface area is 89.3 Å². The van der Waals surface area contributed by atoms with Gasteiger partial charge in [0.25, 0.3) is 0 Å². The Morgan fingerprint density at radius 2 is 2.08 bits per heavy atom. The number of benzene rings is 1. The van der Waals surface area contributed by atoms with E-state index in [0.29, 0.717) is 0 Å². The predicted molar refractivity (Wildman–Crippen MR) is 58.6 cm³/mol. The van der Waals surface area contributed by atoms with Gasteiger partial charge in [-0.3, -0.25) is 0 Å². The molecule has 13 heavy (non-hydrogen) atoms. The van der Waals surface area contributed by atoms with E-state index >= 15 is 0 Å². The fourth-order valence-corrected chi connectivity index (χ4v) is 1.74. The van der Waals surface area contributed by atoms with Gasteiger partial charge in [0.15, 0.2) is 0 Å². The summed E-state index contributed by atoms with van der Waals surface area (Å²) in [7, 11) is 4.00. The summed E-state index contributed by atoms with van der Waals surface area (Å²) in [6.45, 7) is 0.821. The summed E-state index contributed by atoms with van der Waals surface area (Å²) in [6, 6.07) is 7.67. The second-order valence-corrected chi connectivity index (χ2v) is 4.25. The number of nitrogens with zero attached hydrogens (tertiary/aromatic N) is 1. The van der Waals surface area contributed by atoms with Gasteiger partial charge in [-0.05, 0) is 31.8 Å². The number of hydrogen-bond donors (Lipinski definition) is 0. The lowest BCUT2D eigenvalue weighted by Gasteiger charge is -2.15. The van der Waals surface area contributed by atoms with E-state index in [4.69, 9.17) is 23.2 Å². The first-order valence-electron chi connectivity index (χ1n) is 4.14. The molecule has 0 fully saturated rings. The molecule has 0 aliphatic heterocycles. The van der Waals surface area contributed by atoms with Crippen LogP contribution in [0, 0.1) is 0 Å². The number of halogens is 2. The van der Waals surface area contributed by atoms with E-state index in [-0.39, 0.29) is 5.38 Å². The summed E-state index contributed by atoms with van der Waals surface area (Å²) in [4.78, 5) is 2.05. The highest BCUT2D eigenvalue weighted by atomic mass is 35.5. The number of rotatable bonds is 3. The molecular formula is C10H13Cl2N. The molecule has 0 heterocycles. The minimum Gasteiger partial charge on any atom is -0.308 e. The molecule has 1 aromatic carbocycles. The Balaban J connectivity index is 2.71. The molecule has 72 valence electrons. The molecule has 0 radical (unpaired) electrons. The van der Waals surface area contributed by atoms with E-state index in [9.17, 15) is 0 Å². The van der Waals surface area contributed by atoms with Gasteiger partial charge < -0.3 is 4.90 Å². The Morgan fingerprint density at radius 3 is 2.62 bits per heavy atom. The Hall–Kier alpha value is -0.240. The molecule has 1 aromatic rings. The van der Waals surface area contributed by atoms with Gasteiger partial charge in [0, 0.05) is 11.6 Å². The lowest BCUT2D eigenvalue weighted by molar-refractivity contribution is 0.408. The van der Waals surface area contributed by atoms with E-state index in [1.54, 1.807) is 0 Å². The van der Waals surface area contributed by atoms with E-state index in [1.165, 1.54) is 0 Å². The standard InChI is InChI=1S/C10H13Cl2N/c1-13(2)7-10(12)8-4-3-5-9(11)6-8/h3-6,10H,7H2,1-2H3/t10-/m1/s1. The molecule has 0 aromatic heterocycles. The minimum absolute atomic E-state index is 0.00806. The zero-order chi connectivity index (χ0) is 9.84. The second-order valence-electron chi connectivity index (χ2n) is 3.28. The normalized spacial score (nSPS) is 13.3. The van der Waals surface area contributed by atoms with Crippen molar-refractivity contribution in [1.29, 1.82) is 0 Å². The first-order valence-corrected chi connectivity index (χ1v) is 4.95. The van der Waals surface area contributed by atoms with Crippen LogP contribution in [-0.4, -0.2) is 25.5 Å². The zero-order valence-corrected chi connectivity index (χ0v) is 9.31. The van der Waals surface area contributed by atoms with Crippen LogP contribution in [0.2, 0.25) is 5.02 Å². The van der Waals surface area contributed by atoms with Crippen molar-refractivity contribution in [3.05, 3.63) is 34.9 Å². The summed E-state index contributed by atoms with van der Waals surface area (Å²) in [6.07, 6.45) is 0. The molecule has 0 aliphatic rings. The Bertz CT molecular complexity index is 273. The molecule has 0 N–H and O–H groups in total. The van der Waals surface area contributed by atoms with Crippen molar-refractivity contribution < 1.29 is 0 Å². The molecule has 0 amide bonds. The highest BCUT2D eigenvalue weighted by molar-refractivity contribution is 6.30. The van der Waals surface area contributed by atoms with Crippen molar-refractivity contribution >= 4 is 23.2 Å². The van der Waals surface area contributed by atoms with Crippen molar-refractivity contribution in [2.75, 3.05) is 20.6 Å². The first kappa shape index (κ1) is 10.8. The van der Waals surface area contributed by atoms with Crippen LogP contribution in [-0.2, 0) is 0 Å². The zero-order valence-electron chi connectivity index (χ0n) is 7.80. The third kappa shape index (κ3) is 3.55. The quantitative estimate of drug-likeness (QED) is 0.704. The maximum absolute atomic E-state index is 6.17. The third-order valence-electron chi connectivity index (χ3n) is 1.74. The van der Waals surface area contributed by atoms with Crippen molar-refractivity contribution in [2.45, 2.75) is 5.38 Å². The molecule has 0 saturated carbocycles. The van der Waals surface area contributed by atoms with Crippen molar-refractivity contribution in [2.24, 2.45) is 0 Å². The summed E-state index contributed by atoms with van der Waals surface area (Å²) in [5.74, 6) is 0. The van der Waals surface area contributed by atoms with E-state index in [1.807, 2.05) is 38.4 Å². The number of hydrogen-bond acceptors (Lipinski definition) is 1. The summed E-state index contributed by atoms with van der Waals surface area (Å²) in [5, 5.41) is 0.746. The fraction of sp³-hybridized carbons (Fsp3) is 0.400. The lowest BCUT2D eigenvalue weighted by Crippen LogP contribution is -2.17. The van der Waals surface area contributed by atoms with Gasteiger partial charge >= 0.3 is 0 Å². The van der Waals surface area contributed by atoms with Crippen molar-refractivity contribution in [3.8, 4) is 0 Å². The van der Waals surface area contributed by atoms with E-state index in [2.05, 4.69) is 4.90 Å². The van der Waals surface area contributed by atoms with Crippen LogP contribution in [0.15, 0.2) is 24.3 Å². The molecule has 0 saturated heterocycles. The molecule has 0 bridgehead atoms. The van der Waals surface area contributed by atoms with Crippen LogP contribution >= 0.6 is 23.2 Å². The summed E-state index contributed by atoms with van der Waals surface area (Å²) >= 11 is 12.0. The van der Waals surface area contributed by atoms with E-state index < -0.39 is 0 Å². The minimum atomic E-state index is 0.00806. The van der Waals surface area contributed by atoms with Crippen molar-refractivity contribution in [3.63, 3.8) is 0 Å². The third-order valence-corrected chi connectivity index (χ3v) is 2.36. The highest BCUT2D eigenvalue weighted by Gasteiger charge is 2.08. The fourth-order valence-electron chi connectivity index (χ4n) is 1.13. The highest BCUT2D eigenvalue weighted by Crippen LogP contribution is 2.23. The number of alkyl halides is 1. The maximum atomic E-state index is 6.17.